The topological polar surface area (TPSA) is 86.7 Å². The van der Waals surface area contributed by atoms with Crippen LogP contribution < -0.4 is 5.73 Å². The van der Waals surface area contributed by atoms with Crippen molar-refractivity contribution >= 4 is 0 Å². The van der Waals surface area contributed by atoms with Crippen molar-refractivity contribution in [1.29, 1.82) is 0 Å². The third-order valence-electron chi connectivity index (χ3n) is 1.91. The average Bonchev–Trinajstić information content (AvgIpc) is 2.03. The second kappa shape index (κ2) is 3.64. The number of rotatable bonds is 2. The minimum atomic E-state index is -0.820. The Morgan fingerprint density at radius 1 is 1.23 bits per heavy atom. The van der Waals surface area contributed by atoms with Crippen LogP contribution in [0.1, 0.15) is 18.5 Å². The van der Waals surface area contributed by atoms with E-state index in [9.17, 15) is 15.3 Å². The van der Waals surface area contributed by atoms with Crippen molar-refractivity contribution in [2.24, 2.45) is 5.73 Å². The minimum absolute atomic E-state index is 0.103. The molecule has 1 aromatic carbocycles. The Morgan fingerprint density at radius 2 is 1.69 bits per heavy atom. The van der Waals surface area contributed by atoms with E-state index in [1.54, 1.807) is 0 Å². The van der Waals surface area contributed by atoms with Crippen LogP contribution >= 0.6 is 0 Å². The van der Waals surface area contributed by atoms with Crippen molar-refractivity contribution in [3.8, 4) is 11.5 Å². The Hall–Kier alpha value is -1.26. The molecule has 0 unspecified atom stereocenters. The van der Waals surface area contributed by atoms with Gasteiger partial charge in [-0.15, -0.1) is 0 Å². The van der Waals surface area contributed by atoms with Crippen LogP contribution in [0.2, 0.25) is 0 Å². The summed E-state index contributed by atoms with van der Waals surface area (Å²) in [7, 11) is 0. The van der Waals surface area contributed by atoms with Gasteiger partial charge in [0.25, 0.3) is 0 Å². The van der Waals surface area contributed by atoms with E-state index in [2.05, 4.69) is 0 Å². The van der Waals surface area contributed by atoms with E-state index >= 15 is 0 Å². The Morgan fingerprint density at radius 3 is 2.08 bits per heavy atom. The van der Waals surface area contributed by atoms with Gasteiger partial charge in [0.15, 0.2) is 0 Å². The van der Waals surface area contributed by atoms with Gasteiger partial charge in [-0.05, 0) is 19.1 Å². The first-order chi connectivity index (χ1) is 6.04. The van der Waals surface area contributed by atoms with Crippen molar-refractivity contribution in [1.82, 2.24) is 0 Å². The monoisotopic (exact) mass is 183 g/mol. The number of aromatic hydroxyl groups is 2. The molecule has 0 aliphatic carbocycles. The van der Waals surface area contributed by atoms with E-state index in [-0.39, 0.29) is 17.1 Å². The molecule has 0 saturated carbocycles. The molecule has 0 fully saturated rings. The van der Waals surface area contributed by atoms with E-state index in [1.165, 1.54) is 25.1 Å². The van der Waals surface area contributed by atoms with Crippen LogP contribution in [0.15, 0.2) is 18.2 Å². The molecular weight excluding hydrogens is 170 g/mol. The second-order valence-electron chi connectivity index (χ2n) is 2.98. The molecule has 0 saturated heterocycles. The summed E-state index contributed by atoms with van der Waals surface area (Å²) in [6, 6.07) is 3.55. The van der Waals surface area contributed by atoms with E-state index < -0.39 is 12.1 Å². The van der Waals surface area contributed by atoms with Gasteiger partial charge in [0.05, 0.1) is 17.7 Å². The van der Waals surface area contributed by atoms with E-state index in [0.29, 0.717) is 0 Å². The molecule has 4 heteroatoms. The number of nitrogens with two attached hydrogens (primary N) is 1. The molecule has 2 atom stereocenters. The largest absolute Gasteiger partial charge is 0.507 e. The van der Waals surface area contributed by atoms with Gasteiger partial charge in [-0.2, -0.15) is 0 Å². The molecule has 0 amide bonds. The summed E-state index contributed by atoms with van der Waals surface area (Å²) in [5.41, 5.74) is 5.75. The normalized spacial score (nSPS) is 15.3. The summed E-state index contributed by atoms with van der Waals surface area (Å²) in [6.07, 6.45) is -0.820. The van der Waals surface area contributed by atoms with Crippen LogP contribution in [-0.4, -0.2) is 21.4 Å². The number of hydrogen-bond donors (Lipinski definition) is 4. The smallest absolute Gasteiger partial charge is 0.124 e. The third-order valence-corrected chi connectivity index (χ3v) is 1.91. The van der Waals surface area contributed by atoms with E-state index in [1.807, 2.05) is 0 Å². The van der Waals surface area contributed by atoms with Crippen molar-refractivity contribution in [2.45, 2.75) is 19.1 Å². The number of phenols is 2. The van der Waals surface area contributed by atoms with Crippen LogP contribution in [0.3, 0.4) is 0 Å². The lowest BCUT2D eigenvalue weighted by Crippen LogP contribution is -2.23. The summed E-state index contributed by atoms with van der Waals surface area (Å²) >= 11 is 0. The van der Waals surface area contributed by atoms with Crippen LogP contribution in [0.25, 0.3) is 0 Å². The van der Waals surface area contributed by atoms with Gasteiger partial charge < -0.3 is 21.1 Å². The molecule has 0 aliphatic rings. The van der Waals surface area contributed by atoms with Gasteiger partial charge in [-0.25, -0.2) is 0 Å². The molecule has 5 N–H and O–H groups in total. The fourth-order valence-corrected chi connectivity index (χ4v) is 1.12. The van der Waals surface area contributed by atoms with Gasteiger partial charge in [0.2, 0.25) is 0 Å². The van der Waals surface area contributed by atoms with Crippen LogP contribution in [-0.2, 0) is 0 Å². The second-order valence-corrected chi connectivity index (χ2v) is 2.98. The molecule has 4 nitrogen and oxygen atoms in total. The molecule has 1 rings (SSSR count). The molecule has 0 aromatic heterocycles. The Balaban J connectivity index is 3.12. The lowest BCUT2D eigenvalue weighted by atomic mass is 10.0. The highest BCUT2D eigenvalue weighted by molar-refractivity contribution is 5.45. The molecular formula is C9H13NO3. The highest BCUT2D eigenvalue weighted by Crippen LogP contribution is 2.32. The quantitative estimate of drug-likeness (QED) is 0.537. The van der Waals surface area contributed by atoms with Crippen LogP contribution in [0, 0.1) is 0 Å². The van der Waals surface area contributed by atoms with Gasteiger partial charge in [-0.1, -0.05) is 6.07 Å². The fraction of sp³-hybridized carbons (Fsp3) is 0.333. The first kappa shape index (κ1) is 9.83. The lowest BCUT2D eigenvalue weighted by molar-refractivity contribution is 0.161. The summed E-state index contributed by atoms with van der Waals surface area (Å²) in [4.78, 5) is 0. The maximum Gasteiger partial charge on any atom is 0.124 e. The standard InChI is InChI=1S/C9H13NO3/c1-5(11)9(10)8-6(12)3-2-4-7(8)13/h2-5,9,11-13H,10H2,1H3/t5-,9-/m1/s1. The molecule has 0 bridgehead atoms. The number of hydrogen-bond acceptors (Lipinski definition) is 4. The highest BCUT2D eigenvalue weighted by Gasteiger charge is 2.19. The summed E-state index contributed by atoms with van der Waals surface area (Å²) in [6.45, 7) is 1.50. The van der Waals surface area contributed by atoms with Crippen LogP contribution in [0.5, 0.6) is 11.5 Å². The van der Waals surface area contributed by atoms with Crippen molar-refractivity contribution < 1.29 is 15.3 Å². The van der Waals surface area contributed by atoms with E-state index in [4.69, 9.17) is 5.73 Å². The van der Waals surface area contributed by atoms with Crippen molar-refractivity contribution in [3.05, 3.63) is 23.8 Å². The number of benzene rings is 1. The average molecular weight is 183 g/mol. The van der Waals surface area contributed by atoms with Crippen molar-refractivity contribution in [2.75, 3.05) is 0 Å². The predicted molar refractivity (Wildman–Crippen MR) is 48.4 cm³/mol. The zero-order valence-electron chi connectivity index (χ0n) is 7.31. The summed E-state index contributed by atoms with van der Waals surface area (Å²) in [5, 5.41) is 27.9. The minimum Gasteiger partial charge on any atom is -0.507 e. The maximum atomic E-state index is 9.36. The number of aliphatic hydroxyl groups is 1. The first-order valence-electron chi connectivity index (χ1n) is 3.98. The Kier molecular flexibility index (Phi) is 2.75. The van der Waals surface area contributed by atoms with Gasteiger partial charge >= 0.3 is 0 Å². The highest BCUT2D eigenvalue weighted by atomic mass is 16.3. The zero-order valence-corrected chi connectivity index (χ0v) is 7.31. The summed E-state index contributed by atoms with van der Waals surface area (Å²) in [5.74, 6) is -0.207. The molecule has 0 spiro atoms. The molecule has 13 heavy (non-hydrogen) atoms. The molecule has 72 valence electrons. The SMILES string of the molecule is C[C@@H](O)[C@@H](N)c1c(O)cccc1O. The Bertz CT molecular complexity index is 279. The summed E-state index contributed by atoms with van der Waals surface area (Å²) < 4.78 is 0. The zero-order chi connectivity index (χ0) is 10.0. The predicted octanol–water partition coefficient (Wildman–Crippen LogP) is 0.478. The first-order valence-corrected chi connectivity index (χ1v) is 3.98. The van der Waals surface area contributed by atoms with Crippen LogP contribution in [0.4, 0.5) is 0 Å². The molecule has 0 heterocycles. The van der Waals surface area contributed by atoms with Gasteiger partial charge in [0, 0.05) is 0 Å². The molecule has 1 aromatic rings. The molecule has 0 radical (unpaired) electrons. The third kappa shape index (κ3) is 1.91. The van der Waals surface area contributed by atoms with Gasteiger partial charge in [-0.3, -0.25) is 0 Å². The maximum absolute atomic E-state index is 9.36. The Labute approximate surface area is 76.2 Å². The fourth-order valence-electron chi connectivity index (χ4n) is 1.12. The number of aliphatic hydroxyl groups excluding tert-OH is 1. The van der Waals surface area contributed by atoms with Crippen molar-refractivity contribution in [3.63, 3.8) is 0 Å². The lowest BCUT2D eigenvalue weighted by Gasteiger charge is -2.17. The van der Waals surface area contributed by atoms with Gasteiger partial charge in [0.1, 0.15) is 11.5 Å². The number of phenolic OH excluding ortho intramolecular Hbond substituents is 2. The molecule has 0 aliphatic heterocycles. The van der Waals surface area contributed by atoms with E-state index in [0.717, 1.165) is 0 Å².